The highest BCUT2D eigenvalue weighted by molar-refractivity contribution is 7.91. The first-order valence-corrected chi connectivity index (χ1v) is 15.0. The van der Waals surface area contributed by atoms with E-state index in [2.05, 4.69) is 10.2 Å². The van der Waals surface area contributed by atoms with Crippen molar-refractivity contribution in [3.05, 3.63) is 89.5 Å². The van der Waals surface area contributed by atoms with Crippen molar-refractivity contribution in [3.8, 4) is 5.75 Å². The summed E-state index contributed by atoms with van der Waals surface area (Å²) in [4.78, 5) is 15.1. The topological polar surface area (TPSA) is 84.9 Å². The van der Waals surface area contributed by atoms with Gasteiger partial charge in [-0.25, -0.2) is 8.42 Å². The SMILES string of the molecule is CCOC[C@@H]1CC(Oc2ccc(C(F)(F)F)cc2)CN1c1ccc(C(=O)NCc2ccc(S(=O)(=O)CC)cc2)cc1. The minimum atomic E-state index is -4.40. The molecule has 0 spiro atoms. The molecule has 2 atom stereocenters. The number of hydrogen-bond acceptors (Lipinski definition) is 6. The van der Waals surface area contributed by atoms with Crippen LogP contribution in [0.1, 0.15) is 41.8 Å². The maximum atomic E-state index is 12.9. The molecule has 0 aromatic heterocycles. The van der Waals surface area contributed by atoms with Gasteiger partial charge in [0.25, 0.3) is 5.91 Å². The summed E-state index contributed by atoms with van der Waals surface area (Å²) in [6.45, 7) is 5.26. The summed E-state index contributed by atoms with van der Waals surface area (Å²) in [5.41, 5.74) is 1.39. The zero-order valence-electron chi connectivity index (χ0n) is 22.9. The van der Waals surface area contributed by atoms with E-state index in [9.17, 15) is 26.4 Å². The van der Waals surface area contributed by atoms with Crippen molar-refractivity contribution in [2.75, 3.05) is 30.4 Å². The minimum Gasteiger partial charge on any atom is -0.489 e. The predicted molar refractivity (Wildman–Crippen MR) is 150 cm³/mol. The Bertz CT molecular complexity index is 1410. The molecule has 1 fully saturated rings. The number of hydrogen-bond donors (Lipinski definition) is 1. The fourth-order valence-corrected chi connectivity index (χ4v) is 5.56. The van der Waals surface area contributed by atoms with Crippen molar-refractivity contribution in [2.24, 2.45) is 0 Å². The fourth-order valence-electron chi connectivity index (χ4n) is 4.67. The van der Waals surface area contributed by atoms with Crippen molar-refractivity contribution >= 4 is 21.4 Å². The number of rotatable bonds is 11. The predicted octanol–water partition coefficient (Wildman–Crippen LogP) is 5.49. The molecule has 3 aromatic carbocycles. The molecule has 1 amide bonds. The van der Waals surface area contributed by atoms with E-state index in [0.29, 0.717) is 37.5 Å². The second kappa shape index (κ2) is 12.9. The standard InChI is InChI=1S/C30H33F3N2O5S/c1-3-39-20-25-17-27(40-26-13-9-23(10-14-26)30(31,32)33)19-35(25)24-11-7-22(8-12-24)29(36)34-18-21-5-15-28(16-6-21)41(37,38)4-2/h5-16,25,27H,3-4,17-20H2,1-2H3,(H,34,36)/t25-,27?/m0/s1. The minimum absolute atomic E-state index is 0.00595. The van der Waals surface area contributed by atoms with E-state index in [1.807, 2.05) is 19.1 Å². The Labute approximate surface area is 238 Å². The molecule has 1 heterocycles. The molecule has 1 N–H and O–H groups in total. The van der Waals surface area contributed by atoms with Gasteiger partial charge in [-0.1, -0.05) is 19.1 Å². The number of carbonyl (C=O) groups excluding carboxylic acids is 1. The van der Waals surface area contributed by atoms with E-state index < -0.39 is 21.6 Å². The Morgan fingerprint density at radius 1 is 0.976 bits per heavy atom. The quantitative estimate of drug-likeness (QED) is 0.318. The second-order valence-corrected chi connectivity index (χ2v) is 12.0. The molecule has 220 valence electrons. The number of ether oxygens (including phenoxy) is 2. The number of alkyl halides is 3. The van der Waals surface area contributed by atoms with Crippen LogP contribution in [0.4, 0.5) is 18.9 Å². The molecule has 1 aliphatic heterocycles. The number of carbonyl (C=O) groups is 1. The number of sulfone groups is 1. The Morgan fingerprint density at radius 2 is 1.63 bits per heavy atom. The van der Waals surface area contributed by atoms with Crippen LogP contribution >= 0.6 is 0 Å². The van der Waals surface area contributed by atoms with Gasteiger partial charge in [0.1, 0.15) is 11.9 Å². The third-order valence-corrected chi connectivity index (χ3v) is 8.70. The molecule has 3 aromatic rings. The summed E-state index contributed by atoms with van der Waals surface area (Å²) in [7, 11) is -3.28. The highest BCUT2D eigenvalue weighted by Crippen LogP contribution is 2.32. The van der Waals surface area contributed by atoms with Gasteiger partial charge in [0.2, 0.25) is 0 Å². The highest BCUT2D eigenvalue weighted by atomic mass is 32.2. The lowest BCUT2D eigenvalue weighted by molar-refractivity contribution is -0.137. The van der Waals surface area contributed by atoms with Crippen LogP contribution in [0.5, 0.6) is 5.75 Å². The summed E-state index contributed by atoms with van der Waals surface area (Å²) in [6, 6.07) is 18.3. The molecule has 4 rings (SSSR count). The van der Waals surface area contributed by atoms with Gasteiger partial charge < -0.3 is 19.7 Å². The van der Waals surface area contributed by atoms with E-state index in [4.69, 9.17) is 9.47 Å². The highest BCUT2D eigenvalue weighted by Gasteiger charge is 2.34. The Balaban J connectivity index is 1.38. The van der Waals surface area contributed by atoms with Crippen LogP contribution in [0, 0.1) is 0 Å². The van der Waals surface area contributed by atoms with Gasteiger partial charge in [-0.15, -0.1) is 0 Å². The first kappa shape index (κ1) is 30.4. The molecule has 0 radical (unpaired) electrons. The molecule has 7 nitrogen and oxygen atoms in total. The lowest BCUT2D eigenvalue weighted by Gasteiger charge is -2.26. The summed E-state index contributed by atoms with van der Waals surface area (Å²) in [5, 5.41) is 2.85. The summed E-state index contributed by atoms with van der Waals surface area (Å²) in [6.07, 6.45) is -4.03. The normalized spacial score (nSPS) is 17.4. The molecule has 11 heteroatoms. The fraction of sp³-hybridized carbons (Fsp3) is 0.367. The third kappa shape index (κ3) is 7.80. The van der Waals surface area contributed by atoms with Gasteiger partial charge in [0.05, 0.1) is 35.4 Å². The number of benzene rings is 3. The average molecular weight is 591 g/mol. The number of anilines is 1. The molecule has 41 heavy (non-hydrogen) atoms. The third-order valence-electron chi connectivity index (χ3n) is 6.95. The van der Waals surface area contributed by atoms with Crippen molar-refractivity contribution in [3.63, 3.8) is 0 Å². The molecule has 0 saturated carbocycles. The van der Waals surface area contributed by atoms with E-state index in [0.717, 1.165) is 23.4 Å². The van der Waals surface area contributed by atoms with Gasteiger partial charge in [0.15, 0.2) is 9.84 Å². The second-order valence-electron chi connectivity index (χ2n) is 9.74. The number of nitrogens with zero attached hydrogens (tertiary/aromatic N) is 1. The zero-order chi connectivity index (χ0) is 29.6. The number of halogens is 3. The first-order chi connectivity index (χ1) is 19.5. The lowest BCUT2D eigenvalue weighted by Crippen LogP contribution is -2.33. The molecule has 1 unspecified atom stereocenters. The monoisotopic (exact) mass is 590 g/mol. The van der Waals surface area contributed by atoms with Crippen LogP contribution in [-0.4, -0.2) is 52.0 Å². The van der Waals surface area contributed by atoms with Gasteiger partial charge in [-0.2, -0.15) is 13.2 Å². The Morgan fingerprint density at radius 3 is 2.22 bits per heavy atom. The largest absolute Gasteiger partial charge is 0.489 e. The Kier molecular flexibility index (Phi) is 9.60. The lowest BCUT2D eigenvalue weighted by atomic mass is 10.1. The van der Waals surface area contributed by atoms with E-state index in [1.165, 1.54) is 12.1 Å². The maximum absolute atomic E-state index is 12.9. The zero-order valence-corrected chi connectivity index (χ0v) is 23.7. The molecule has 1 saturated heterocycles. The molecular weight excluding hydrogens is 557 g/mol. The van der Waals surface area contributed by atoms with E-state index >= 15 is 0 Å². The van der Waals surface area contributed by atoms with Crippen molar-refractivity contribution in [2.45, 2.75) is 50.0 Å². The van der Waals surface area contributed by atoms with Crippen LogP contribution in [-0.2, 0) is 27.3 Å². The molecule has 0 bridgehead atoms. The average Bonchev–Trinajstić information content (AvgIpc) is 3.37. The molecule has 1 aliphatic rings. The Hall–Kier alpha value is -3.57. The van der Waals surface area contributed by atoms with E-state index in [-0.39, 0.29) is 35.2 Å². The van der Waals surface area contributed by atoms with Gasteiger partial charge in [0, 0.05) is 30.8 Å². The van der Waals surface area contributed by atoms with Crippen molar-refractivity contribution in [1.29, 1.82) is 0 Å². The smallest absolute Gasteiger partial charge is 0.416 e. The van der Waals surface area contributed by atoms with Gasteiger partial charge in [-0.05, 0) is 73.2 Å². The number of amides is 1. The van der Waals surface area contributed by atoms with E-state index in [1.54, 1.807) is 43.3 Å². The molecule has 0 aliphatic carbocycles. The van der Waals surface area contributed by atoms with Crippen molar-refractivity contribution in [1.82, 2.24) is 5.32 Å². The summed E-state index contributed by atoms with van der Waals surface area (Å²) >= 11 is 0. The summed E-state index contributed by atoms with van der Waals surface area (Å²) < 4.78 is 74.3. The van der Waals surface area contributed by atoms with Crippen molar-refractivity contribution < 1.29 is 35.9 Å². The molecular formula is C30H33F3N2O5S. The van der Waals surface area contributed by atoms with Crippen LogP contribution < -0.4 is 15.0 Å². The van der Waals surface area contributed by atoms with Crippen LogP contribution in [0.15, 0.2) is 77.7 Å². The van der Waals surface area contributed by atoms with Crippen LogP contribution in [0.3, 0.4) is 0 Å². The first-order valence-electron chi connectivity index (χ1n) is 13.4. The number of nitrogens with one attached hydrogen (secondary N) is 1. The van der Waals surface area contributed by atoms with Gasteiger partial charge in [-0.3, -0.25) is 4.79 Å². The maximum Gasteiger partial charge on any atom is 0.416 e. The van der Waals surface area contributed by atoms with Crippen LogP contribution in [0.2, 0.25) is 0 Å². The van der Waals surface area contributed by atoms with Crippen LogP contribution in [0.25, 0.3) is 0 Å². The summed E-state index contributed by atoms with van der Waals surface area (Å²) in [5.74, 6) is 0.127. The van der Waals surface area contributed by atoms with Gasteiger partial charge >= 0.3 is 6.18 Å².